The van der Waals surface area contributed by atoms with E-state index in [4.69, 9.17) is 14.2 Å². The first-order valence-electron chi connectivity index (χ1n) is 23.1. The summed E-state index contributed by atoms with van der Waals surface area (Å²) in [5, 5.41) is 0. The molecule has 1 atom stereocenters. The van der Waals surface area contributed by atoms with Crippen LogP contribution in [-0.2, 0) is 28.6 Å². The van der Waals surface area contributed by atoms with Crippen LogP contribution in [-0.4, -0.2) is 37.2 Å². The van der Waals surface area contributed by atoms with Gasteiger partial charge >= 0.3 is 17.9 Å². The van der Waals surface area contributed by atoms with Gasteiger partial charge in [0.25, 0.3) is 0 Å². The summed E-state index contributed by atoms with van der Waals surface area (Å²) in [6.07, 6.45) is 57.1. The van der Waals surface area contributed by atoms with Crippen molar-refractivity contribution in [3.63, 3.8) is 0 Å². The largest absolute Gasteiger partial charge is 0.462 e. The molecule has 0 bridgehead atoms. The highest BCUT2D eigenvalue weighted by Crippen LogP contribution is 2.12. The second-order valence-electron chi connectivity index (χ2n) is 14.9. The number of hydrogen-bond donors (Lipinski definition) is 0. The third kappa shape index (κ3) is 43.6. The van der Waals surface area contributed by atoms with Crippen molar-refractivity contribution in [2.45, 2.75) is 207 Å². The van der Waals surface area contributed by atoms with Crippen molar-refractivity contribution in [3.8, 4) is 0 Å². The Balaban J connectivity index is 4.51. The molecule has 0 amide bonds. The van der Waals surface area contributed by atoms with E-state index in [1.165, 1.54) is 38.5 Å². The molecule has 0 aromatic heterocycles. The molecule has 0 fully saturated rings. The van der Waals surface area contributed by atoms with Crippen LogP contribution in [0, 0.1) is 0 Å². The fourth-order valence-corrected chi connectivity index (χ4v) is 5.93. The molecule has 0 aromatic rings. The van der Waals surface area contributed by atoms with Crippen LogP contribution < -0.4 is 0 Å². The van der Waals surface area contributed by atoms with Crippen molar-refractivity contribution in [1.29, 1.82) is 0 Å². The Bertz CT molecular complexity index is 1140. The maximum absolute atomic E-state index is 12.7. The standard InChI is InChI=1S/C51H84O6/c1-4-7-10-13-16-19-22-25-27-29-32-35-38-41-44-50(53)56-47-48(46-55-49(52)43-40-37-34-31-28-24-21-18-15-12-9-6-3)57-51(54)45-42-39-36-33-30-26-23-20-17-14-11-8-5-2/h7,9-10,12,16,18-19,21,25-28,30-31,48H,4-6,8,11,13-15,17,20,22-24,29,32-47H2,1-3H3/b10-7-,12-9-,19-16-,21-18-,27-25-,30-26-,31-28-. The molecular formula is C51H84O6. The monoisotopic (exact) mass is 793 g/mol. The lowest BCUT2D eigenvalue weighted by atomic mass is 10.1. The minimum Gasteiger partial charge on any atom is -0.462 e. The minimum atomic E-state index is -0.807. The van der Waals surface area contributed by atoms with Gasteiger partial charge in [0.05, 0.1) is 0 Å². The first kappa shape index (κ1) is 53.6. The number of ether oxygens (including phenoxy) is 3. The van der Waals surface area contributed by atoms with Gasteiger partial charge < -0.3 is 14.2 Å². The van der Waals surface area contributed by atoms with E-state index >= 15 is 0 Å². The van der Waals surface area contributed by atoms with Crippen molar-refractivity contribution in [3.05, 3.63) is 85.1 Å². The molecule has 6 nitrogen and oxygen atoms in total. The van der Waals surface area contributed by atoms with Crippen LogP contribution in [0.5, 0.6) is 0 Å². The third-order valence-corrected chi connectivity index (χ3v) is 9.36. The lowest BCUT2D eigenvalue weighted by Crippen LogP contribution is -2.30. The van der Waals surface area contributed by atoms with Gasteiger partial charge in [0.2, 0.25) is 0 Å². The van der Waals surface area contributed by atoms with E-state index in [-0.39, 0.29) is 31.1 Å². The van der Waals surface area contributed by atoms with Crippen molar-refractivity contribution in [2.75, 3.05) is 13.2 Å². The van der Waals surface area contributed by atoms with Crippen molar-refractivity contribution < 1.29 is 28.6 Å². The molecule has 0 aliphatic rings. The topological polar surface area (TPSA) is 78.9 Å². The predicted octanol–water partition coefficient (Wildman–Crippen LogP) is 14.9. The molecule has 1 unspecified atom stereocenters. The predicted molar refractivity (Wildman–Crippen MR) is 242 cm³/mol. The Labute approximate surface area is 350 Å². The smallest absolute Gasteiger partial charge is 0.306 e. The Kier molecular flexibility index (Phi) is 42.6. The summed E-state index contributed by atoms with van der Waals surface area (Å²) >= 11 is 0. The average molecular weight is 793 g/mol. The van der Waals surface area contributed by atoms with Crippen LogP contribution in [0.2, 0.25) is 0 Å². The lowest BCUT2D eigenvalue weighted by Gasteiger charge is -2.18. The summed E-state index contributed by atoms with van der Waals surface area (Å²) in [6, 6.07) is 0. The second kappa shape index (κ2) is 45.3. The zero-order valence-electron chi connectivity index (χ0n) is 36.8. The molecular weight excluding hydrogens is 709 g/mol. The minimum absolute atomic E-state index is 0.108. The van der Waals surface area contributed by atoms with Crippen LogP contribution in [0.1, 0.15) is 201 Å². The number of esters is 3. The van der Waals surface area contributed by atoms with E-state index in [2.05, 4.69) is 106 Å². The normalized spacial score (nSPS) is 12.8. The highest BCUT2D eigenvalue weighted by Gasteiger charge is 2.19. The molecule has 0 spiro atoms. The van der Waals surface area contributed by atoms with Gasteiger partial charge in [-0.2, -0.15) is 0 Å². The van der Waals surface area contributed by atoms with Crippen LogP contribution >= 0.6 is 0 Å². The second-order valence-corrected chi connectivity index (χ2v) is 14.9. The quantitative estimate of drug-likeness (QED) is 0.0266. The summed E-state index contributed by atoms with van der Waals surface area (Å²) in [5.74, 6) is -0.992. The van der Waals surface area contributed by atoms with Gasteiger partial charge in [0, 0.05) is 19.3 Å². The molecule has 324 valence electrons. The van der Waals surface area contributed by atoms with E-state index in [1.54, 1.807) is 0 Å². The van der Waals surface area contributed by atoms with E-state index < -0.39 is 6.10 Å². The maximum Gasteiger partial charge on any atom is 0.306 e. The summed E-state index contributed by atoms with van der Waals surface area (Å²) in [7, 11) is 0. The summed E-state index contributed by atoms with van der Waals surface area (Å²) in [5.41, 5.74) is 0. The fourth-order valence-electron chi connectivity index (χ4n) is 5.93. The van der Waals surface area contributed by atoms with Crippen LogP contribution in [0.15, 0.2) is 85.1 Å². The molecule has 0 N–H and O–H groups in total. The van der Waals surface area contributed by atoms with Crippen LogP contribution in [0.4, 0.5) is 0 Å². The van der Waals surface area contributed by atoms with Gasteiger partial charge in [-0.25, -0.2) is 0 Å². The molecule has 0 saturated heterocycles. The summed E-state index contributed by atoms with van der Waals surface area (Å²) in [4.78, 5) is 37.8. The molecule has 0 rings (SSSR count). The Morgan fingerprint density at radius 2 is 0.684 bits per heavy atom. The Morgan fingerprint density at radius 3 is 1.14 bits per heavy atom. The van der Waals surface area contributed by atoms with E-state index in [9.17, 15) is 14.4 Å². The highest BCUT2D eigenvalue weighted by atomic mass is 16.6. The zero-order valence-corrected chi connectivity index (χ0v) is 36.8. The van der Waals surface area contributed by atoms with E-state index in [0.717, 1.165) is 122 Å². The molecule has 0 heterocycles. The SMILES string of the molecule is CC/C=C\C/C=C\C/C=C\CCCCCCC(=O)OCC(COC(=O)CCCC/C=C\C/C=C\C/C=C\CC)OC(=O)CCCCC/C=C\CCCCCCCC. The Morgan fingerprint density at radius 1 is 0.368 bits per heavy atom. The first-order valence-corrected chi connectivity index (χ1v) is 23.1. The molecule has 0 saturated carbocycles. The molecule has 57 heavy (non-hydrogen) atoms. The van der Waals surface area contributed by atoms with E-state index in [1.807, 2.05) is 0 Å². The van der Waals surface area contributed by atoms with Gasteiger partial charge in [-0.1, -0.05) is 157 Å². The molecule has 0 aromatic carbocycles. The van der Waals surface area contributed by atoms with Crippen molar-refractivity contribution >= 4 is 17.9 Å². The average Bonchev–Trinajstić information content (AvgIpc) is 3.21. The molecule has 0 aliphatic heterocycles. The number of carbonyl (C=O) groups is 3. The Hall–Kier alpha value is -3.41. The summed E-state index contributed by atoms with van der Waals surface area (Å²) in [6.45, 7) is 6.31. The maximum atomic E-state index is 12.7. The van der Waals surface area contributed by atoms with Gasteiger partial charge in [-0.3, -0.25) is 14.4 Å². The lowest BCUT2D eigenvalue weighted by molar-refractivity contribution is -0.167. The van der Waals surface area contributed by atoms with Gasteiger partial charge in [0.1, 0.15) is 13.2 Å². The highest BCUT2D eigenvalue weighted by molar-refractivity contribution is 5.71. The van der Waals surface area contributed by atoms with E-state index in [0.29, 0.717) is 19.3 Å². The number of hydrogen-bond acceptors (Lipinski definition) is 6. The van der Waals surface area contributed by atoms with Crippen LogP contribution in [0.3, 0.4) is 0 Å². The van der Waals surface area contributed by atoms with Crippen LogP contribution in [0.25, 0.3) is 0 Å². The van der Waals surface area contributed by atoms with Crippen molar-refractivity contribution in [2.24, 2.45) is 0 Å². The first-order chi connectivity index (χ1) is 28.0. The van der Waals surface area contributed by atoms with Crippen molar-refractivity contribution in [1.82, 2.24) is 0 Å². The van der Waals surface area contributed by atoms with Gasteiger partial charge in [-0.05, 0) is 109 Å². The molecule has 6 heteroatoms. The summed E-state index contributed by atoms with van der Waals surface area (Å²) < 4.78 is 16.6. The molecule has 0 aliphatic carbocycles. The number of carbonyl (C=O) groups excluding carboxylic acids is 3. The third-order valence-electron chi connectivity index (χ3n) is 9.36. The van der Waals surface area contributed by atoms with Gasteiger partial charge in [-0.15, -0.1) is 0 Å². The van der Waals surface area contributed by atoms with Gasteiger partial charge in [0.15, 0.2) is 6.10 Å². The zero-order chi connectivity index (χ0) is 41.5. The number of unbranched alkanes of at least 4 members (excludes halogenated alkanes) is 15. The fraction of sp³-hybridized carbons (Fsp3) is 0.667. The molecule has 0 radical (unpaired) electrons. The number of allylic oxidation sites excluding steroid dienone is 14. The number of rotatable bonds is 40.